The number of carbonyl (C=O) groups excluding carboxylic acids is 4. The molecule has 0 fully saturated rings. The number of halogens is 4. The number of aromatic amines is 2. The normalized spacial score (nSPS) is 11.1. The number of fused-ring (bicyclic) bond motifs is 2. The molecule has 0 aliphatic heterocycles. The molecule has 6 aromatic rings. The van der Waals surface area contributed by atoms with Gasteiger partial charge in [0.15, 0.2) is 0 Å². The summed E-state index contributed by atoms with van der Waals surface area (Å²) in [6, 6.07) is 9.62. The van der Waals surface area contributed by atoms with Gasteiger partial charge in [-0.1, -0.05) is 59.6 Å². The Bertz CT molecular complexity index is 2270. The zero-order chi connectivity index (χ0) is 35.3. The Morgan fingerprint density at radius 1 is 0.633 bits per heavy atom. The Morgan fingerprint density at radius 2 is 0.980 bits per heavy atom. The summed E-state index contributed by atoms with van der Waals surface area (Å²) in [4.78, 5) is 65.9. The fourth-order valence-electron chi connectivity index (χ4n) is 5.48. The van der Waals surface area contributed by atoms with Crippen LogP contribution >= 0.6 is 46.4 Å². The van der Waals surface area contributed by atoms with Crippen LogP contribution in [0.2, 0.25) is 20.1 Å². The maximum atomic E-state index is 13.8. The molecule has 244 valence electrons. The van der Waals surface area contributed by atoms with Crippen molar-refractivity contribution < 1.29 is 23.9 Å². The molecule has 0 unspecified atom stereocenters. The molecule has 0 aliphatic carbocycles. The topological polar surface area (TPSA) is 187 Å². The average Bonchev–Trinajstić information content (AvgIpc) is 3.64. The van der Waals surface area contributed by atoms with Gasteiger partial charge in [0.25, 0.3) is 0 Å². The summed E-state index contributed by atoms with van der Waals surface area (Å²) >= 11 is 26.9. The van der Waals surface area contributed by atoms with Crippen LogP contribution in [-0.4, -0.2) is 43.7 Å². The first-order valence-corrected chi connectivity index (χ1v) is 15.5. The van der Waals surface area contributed by atoms with Gasteiger partial charge in [-0.3, -0.25) is 19.6 Å². The maximum Gasteiger partial charge on any atom is 0.363 e. The van der Waals surface area contributed by atoms with Gasteiger partial charge in [0.1, 0.15) is 11.4 Å². The summed E-state index contributed by atoms with van der Waals surface area (Å²) in [5.41, 5.74) is 11.9. The lowest BCUT2D eigenvalue weighted by atomic mass is 9.98. The van der Waals surface area contributed by atoms with Gasteiger partial charge in [0.2, 0.25) is 11.8 Å². The van der Waals surface area contributed by atoms with Gasteiger partial charge < -0.3 is 26.2 Å². The largest absolute Gasteiger partial charge is 0.383 e. The van der Waals surface area contributed by atoms with Crippen LogP contribution in [0, 0.1) is 0 Å². The van der Waals surface area contributed by atoms with E-state index in [0.717, 1.165) is 0 Å². The number of pyridine rings is 2. The third kappa shape index (κ3) is 5.72. The number of carbonyl (C=O) groups is 4. The van der Waals surface area contributed by atoms with Crippen molar-refractivity contribution in [3.63, 3.8) is 0 Å². The van der Waals surface area contributed by atoms with E-state index in [2.05, 4.69) is 33.1 Å². The number of nitrogens with two attached hydrogens (primary N) is 2. The standard InChI is InChI=1S/C34H20Cl4N6O5/c1-13(31(39)45)21-25-19(11-17(35)23(27(25)37)15-3-7-41-8-4-15)43-29(21)33(47)49-34(48)30-22(14(2)32(40)46)26-20(44-30)12-18(36)24(28(26)38)16-5-9-42-10-6-16/h3-12,43-44H,1-2H2,(H2,39,45)(H2,40,46). The highest BCUT2D eigenvalue weighted by Gasteiger charge is 2.32. The van der Waals surface area contributed by atoms with Crippen LogP contribution in [0.4, 0.5) is 0 Å². The van der Waals surface area contributed by atoms with E-state index >= 15 is 0 Å². The van der Waals surface area contributed by atoms with Gasteiger partial charge in [-0.05, 0) is 47.5 Å². The summed E-state index contributed by atoms with van der Waals surface area (Å²) in [5, 5.41) is 0.844. The first kappa shape index (κ1) is 33.4. The first-order chi connectivity index (χ1) is 23.3. The van der Waals surface area contributed by atoms with Crippen molar-refractivity contribution in [2.75, 3.05) is 0 Å². The molecule has 4 heterocycles. The van der Waals surface area contributed by atoms with Crippen LogP contribution < -0.4 is 11.5 Å². The molecule has 6 N–H and O–H groups in total. The van der Waals surface area contributed by atoms with Crippen molar-refractivity contribution >= 4 is 103 Å². The number of nitrogens with one attached hydrogen (secondary N) is 2. The fourth-order valence-corrected chi connectivity index (χ4v) is 7.01. The number of esters is 2. The minimum absolute atomic E-state index is 0.0555. The minimum Gasteiger partial charge on any atom is -0.383 e. The number of rotatable bonds is 8. The molecule has 6 rings (SSSR count). The van der Waals surface area contributed by atoms with Gasteiger partial charge >= 0.3 is 11.9 Å². The van der Waals surface area contributed by atoms with Crippen LogP contribution in [0.25, 0.3) is 55.2 Å². The number of ether oxygens (including phenoxy) is 1. The second kappa shape index (κ2) is 12.9. The lowest BCUT2D eigenvalue weighted by Gasteiger charge is -2.11. The summed E-state index contributed by atoms with van der Waals surface area (Å²) in [6.07, 6.45) is 6.14. The molecule has 0 saturated heterocycles. The lowest BCUT2D eigenvalue weighted by molar-refractivity contribution is -0.113. The molecule has 11 nitrogen and oxygen atoms in total. The number of H-pyrrole nitrogens is 2. The number of aromatic nitrogens is 4. The van der Waals surface area contributed by atoms with E-state index in [1.165, 1.54) is 36.9 Å². The second-order valence-corrected chi connectivity index (χ2v) is 12.1. The van der Waals surface area contributed by atoms with E-state index in [1.807, 2.05) is 0 Å². The molecule has 49 heavy (non-hydrogen) atoms. The molecule has 0 atom stereocenters. The van der Waals surface area contributed by atoms with Gasteiger partial charge in [-0.2, -0.15) is 0 Å². The highest BCUT2D eigenvalue weighted by atomic mass is 35.5. The summed E-state index contributed by atoms with van der Waals surface area (Å²) < 4.78 is 5.30. The van der Waals surface area contributed by atoms with Crippen molar-refractivity contribution in [2.24, 2.45) is 11.5 Å². The average molecular weight is 734 g/mol. The number of amides is 2. The first-order valence-electron chi connectivity index (χ1n) is 13.9. The molecule has 0 spiro atoms. The third-order valence-electron chi connectivity index (χ3n) is 7.69. The maximum absolute atomic E-state index is 13.8. The minimum atomic E-state index is -1.26. The lowest BCUT2D eigenvalue weighted by Crippen LogP contribution is -2.19. The van der Waals surface area contributed by atoms with Crippen molar-refractivity contribution in [1.82, 2.24) is 19.9 Å². The van der Waals surface area contributed by atoms with Crippen LogP contribution in [0.3, 0.4) is 0 Å². The van der Waals surface area contributed by atoms with Gasteiger partial charge in [0, 0.05) is 80.0 Å². The molecular weight excluding hydrogens is 714 g/mol. The number of hydrogen-bond donors (Lipinski definition) is 4. The SMILES string of the molecule is C=C(C(N)=O)c1c(C(=O)OC(=O)c2[nH]c3cc(Cl)c(-c4ccncc4)c(Cl)c3c2C(=C)C(N)=O)[nH]c2cc(Cl)c(-c3ccncc3)c(Cl)c12. The quantitative estimate of drug-likeness (QED) is 0.0713. The van der Waals surface area contributed by atoms with E-state index in [1.54, 1.807) is 24.3 Å². The van der Waals surface area contributed by atoms with Crippen LogP contribution in [0.1, 0.15) is 32.1 Å². The Hall–Kier alpha value is -5.46. The Labute approximate surface area is 296 Å². The molecule has 4 aromatic heterocycles. The van der Waals surface area contributed by atoms with Crippen molar-refractivity contribution in [3.8, 4) is 22.3 Å². The Kier molecular flexibility index (Phi) is 8.78. The van der Waals surface area contributed by atoms with Gasteiger partial charge in [-0.15, -0.1) is 0 Å². The number of hydrogen-bond acceptors (Lipinski definition) is 7. The zero-order valence-corrected chi connectivity index (χ0v) is 27.8. The van der Waals surface area contributed by atoms with E-state index in [4.69, 9.17) is 62.6 Å². The van der Waals surface area contributed by atoms with E-state index in [0.29, 0.717) is 22.3 Å². The monoisotopic (exact) mass is 732 g/mol. The Morgan fingerprint density at radius 3 is 1.31 bits per heavy atom. The number of nitrogens with zero attached hydrogens (tertiary/aromatic N) is 2. The summed E-state index contributed by atoms with van der Waals surface area (Å²) in [6.45, 7) is 7.48. The van der Waals surface area contributed by atoms with Crippen LogP contribution in [0.5, 0.6) is 0 Å². The smallest absolute Gasteiger partial charge is 0.363 e. The molecule has 0 saturated carbocycles. The fraction of sp³-hybridized carbons (Fsp3) is 0. The van der Waals surface area contributed by atoms with Crippen LogP contribution in [-0.2, 0) is 14.3 Å². The predicted molar refractivity (Wildman–Crippen MR) is 189 cm³/mol. The van der Waals surface area contributed by atoms with Gasteiger partial charge in [-0.25, -0.2) is 9.59 Å². The van der Waals surface area contributed by atoms with E-state index < -0.39 is 23.8 Å². The van der Waals surface area contributed by atoms with Crippen LogP contribution in [0.15, 0.2) is 74.3 Å². The molecule has 2 amide bonds. The van der Waals surface area contributed by atoms with E-state index in [9.17, 15) is 19.2 Å². The number of primary amides is 2. The highest BCUT2D eigenvalue weighted by Crippen LogP contribution is 2.45. The molecule has 15 heteroatoms. The van der Waals surface area contributed by atoms with Gasteiger partial charge in [0.05, 0.1) is 20.1 Å². The van der Waals surface area contributed by atoms with E-state index in [-0.39, 0.29) is 75.6 Å². The zero-order valence-electron chi connectivity index (χ0n) is 24.8. The highest BCUT2D eigenvalue weighted by molar-refractivity contribution is 6.45. The Balaban J connectivity index is 1.50. The number of benzene rings is 2. The molecule has 2 aromatic carbocycles. The predicted octanol–water partition coefficient (Wildman–Crippen LogP) is 7.38. The summed E-state index contributed by atoms with van der Waals surface area (Å²) in [5.74, 6) is -4.48. The third-order valence-corrected chi connectivity index (χ3v) is 9.04. The molecule has 0 bridgehead atoms. The van der Waals surface area contributed by atoms with Crippen molar-refractivity contribution in [2.45, 2.75) is 0 Å². The van der Waals surface area contributed by atoms with Crippen molar-refractivity contribution in [3.05, 3.63) is 117 Å². The van der Waals surface area contributed by atoms with Crippen molar-refractivity contribution in [1.29, 1.82) is 0 Å². The second-order valence-electron chi connectivity index (χ2n) is 10.5. The molecular formula is C34H20Cl4N6O5. The molecule has 0 radical (unpaired) electrons. The molecule has 0 aliphatic rings. The summed E-state index contributed by atoms with van der Waals surface area (Å²) in [7, 11) is 0.